The molecule has 119 heavy (non-hydrogen) atoms. The highest BCUT2D eigenvalue weighted by Crippen LogP contribution is 2.58. The summed E-state index contributed by atoms with van der Waals surface area (Å²) in [7, 11) is 0. The zero-order chi connectivity index (χ0) is 80.9. The lowest BCUT2D eigenvalue weighted by Gasteiger charge is -2.46. The van der Waals surface area contributed by atoms with Crippen molar-refractivity contribution in [3.05, 3.63) is 379 Å². The van der Waals surface area contributed by atoms with Crippen LogP contribution in [0.4, 0.5) is 34.1 Å². The molecule has 0 saturated heterocycles. The molecule has 22 rings (SSSR count). The van der Waals surface area contributed by atoms with Gasteiger partial charge < -0.3 is 18.9 Å². The van der Waals surface area contributed by atoms with Crippen molar-refractivity contribution in [2.75, 3.05) is 9.80 Å². The molecule has 6 heteroatoms. The van der Waals surface area contributed by atoms with E-state index in [9.17, 15) is 0 Å². The van der Waals surface area contributed by atoms with E-state index in [2.05, 4.69) is 442 Å². The van der Waals surface area contributed by atoms with Crippen molar-refractivity contribution in [2.45, 2.75) is 111 Å². The molecule has 0 spiro atoms. The molecule has 3 aromatic heterocycles. The summed E-state index contributed by atoms with van der Waals surface area (Å²) in [6, 6.07) is 132. The Morgan fingerprint density at radius 3 is 1.12 bits per heavy atom. The molecular weight excluding hydrogens is 1460 g/mol. The van der Waals surface area contributed by atoms with Gasteiger partial charge in [0.15, 0.2) is 0 Å². The van der Waals surface area contributed by atoms with Crippen LogP contribution in [-0.4, -0.2) is 15.8 Å². The summed E-state index contributed by atoms with van der Waals surface area (Å²) in [5, 5.41) is 7.41. The van der Waals surface area contributed by atoms with E-state index in [0.717, 1.165) is 101 Å². The van der Waals surface area contributed by atoms with Gasteiger partial charge in [-0.25, -0.2) is 0 Å². The van der Waals surface area contributed by atoms with Gasteiger partial charge in [0.1, 0.15) is 0 Å². The summed E-state index contributed by atoms with van der Waals surface area (Å²) in [6.07, 6.45) is 0. The number of para-hydroxylation sites is 4. The summed E-state index contributed by atoms with van der Waals surface area (Å²) in [5.74, 6) is -0.0869. The number of nitrogens with zero attached hydrogens (tertiary/aromatic N) is 4. The Balaban J connectivity index is 0.958. The van der Waals surface area contributed by atoms with Gasteiger partial charge in [0.05, 0.1) is 44.8 Å². The summed E-state index contributed by atoms with van der Waals surface area (Å²) >= 11 is 1.96. The Kier molecular flexibility index (Phi) is 16.3. The van der Waals surface area contributed by atoms with Crippen molar-refractivity contribution in [3.63, 3.8) is 0 Å². The maximum atomic E-state index is 2.78. The lowest BCUT2D eigenvalue weighted by Crippen LogP contribution is -2.61. The fourth-order valence-electron chi connectivity index (χ4n) is 20.2. The normalized spacial score (nSPS) is 13.5. The van der Waals surface area contributed by atoms with Crippen molar-refractivity contribution in [3.8, 4) is 67.0 Å². The molecule has 3 aliphatic rings. The van der Waals surface area contributed by atoms with Gasteiger partial charge >= 0.3 is 0 Å². The largest absolute Gasteiger partial charge is 0.310 e. The van der Waals surface area contributed by atoms with Crippen LogP contribution in [0.15, 0.2) is 340 Å². The third-order valence-corrected chi connectivity index (χ3v) is 27.4. The number of thiophene rings is 1. The molecule has 0 radical (unpaired) electrons. The van der Waals surface area contributed by atoms with Crippen LogP contribution in [0.3, 0.4) is 0 Å². The Hall–Kier alpha value is -13.0. The molecule has 0 bridgehead atoms. The van der Waals surface area contributed by atoms with Crippen LogP contribution in [0.5, 0.6) is 0 Å². The van der Waals surface area contributed by atoms with Gasteiger partial charge in [-0.15, -0.1) is 11.3 Å². The number of fused-ring (bicyclic) bond motifs is 17. The van der Waals surface area contributed by atoms with E-state index in [-0.39, 0.29) is 34.3 Å². The summed E-state index contributed by atoms with van der Waals surface area (Å²) in [5.41, 5.74) is 38.0. The van der Waals surface area contributed by atoms with Crippen LogP contribution in [0, 0.1) is 0 Å². The maximum Gasteiger partial charge on any atom is 0.254 e. The minimum absolute atomic E-state index is 0.0663. The third kappa shape index (κ3) is 11.4. The molecule has 16 aromatic carbocycles. The van der Waals surface area contributed by atoms with Crippen LogP contribution in [0.25, 0.3) is 131 Å². The van der Waals surface area contributed by atoms with Crippen molar-refractivity contribution >= 4 is 132 Å². The number of benzene rings is 16. The van der Waals surface area contributed by atoms with Crippen molar-refractivity contribution in [1.82, 2.24) is 9.13 Å². The zero-order valence-corrected chi connectivity index (χ0v) is 70.5. The molecule has 4 nitrogen and oxygen atoms in total. The second-order valence-corrected chi connectivity index (χ2v) is 38.6. The third-order valence-electron chi connectivity index (χ3n) is 26.2. The van der Waals surface area contributed by atoms with Crippen LogP contribution >= 0.6 is 11.3 Å². The lowest BCUT2D eigenvalue weighted by molar-refractivity contribution is 0.589. The van der Waals surface area contributed by atoms with Gasteiger partial charge in [-0.3, -0.25) is 0 Å². The van der Waals surface area contributed by atoms with E-state index in [1.165, 1.54) is 119 Å². The fraction of sp³-hybridized carbons (Fsp3) is 0.150. The predicted molar refractivity (Wildman–Crippen MR) is 511 cm³/mol. The molecule has 2 aliphatic heterocycles. The molecule has 0 N–H and O–H groups in total. The molecule has 0 amide bonds. The van der Waals surface area contributed by atoms with E-state index in [1.807, 2.05) is 11.3 Å². The summed E-state index contributed by atoms with van der Waals surface area (Å²) in [4.78, 5) is 5.56. The number of anilines is 6. The van der Waals surface area contributed by atoms with Gasteiger partial charge in [-0.1, -0.05) is 356 Å². The average molecular weight is 1550 g/mol. The van der Waals surface area contributed by atoms with E-state index >= 15 is 0 Å². The Bertz CT molecular complexity index is 7090. The van der Waals surface area contributed by atoms with Crippen LogP contribution in [-0.2, 0) is 21.7 Å². The van der Waals surface area contributed by atoms with E-state index < -0.39 is 0 Å². The first-order valence-corrected chi connectivity index (χ1v) is 43.2. The molecule has 0 saturated carbocycles. The van der Waals surface area contributed by atoms with Crippen LogP contribution in [0.1, 0.15) is 128 Å². The first-order chi connectivity index (χ1) is 57.6. The summed E-state index contributed by atoms with van der Waals surface area (Å²) in [6.45, 7) is 27.9. The molecule has 574 valence electrons. The van der Waals surface area contributed by atoms with Crippen molar-refractivity contribution in [1.29, 1.82) is 0 Å². The Labute approximate surface area is 702 Å². The quantitative estimate of drug-likeness (QED) is 0.134. The number of rotatable bonds is 9. The highest BCUT2D eigenvalue weighted by Gasteiger charge is 2.48. The zero-order valence-electron chi connectivity index (χ0n) is 69.7. The van der Waals surface area contributed by atoms with Gasteiger partial charge in [0.25, 0.3) is 6.71 Å². The molecule has 5 heterocycles. The smallest absolute Gasteiger partial charge is 0.254 e. The second kappa shape index (κ2) is 26.8. The Morgan fingerprint density at radius 2 is 0.664 bits per heavy atom. The maximum absolute atomic E-state index is 2.78. The first-order valence-electron chi connectivity index (χ1n) is 42.4. The first kappa shape index (κ1) is 72.5. The average Bonchev–Trinajstić information content (AvgIpc) is 1.67. The predicted octanol–water partition coefficient (Wildman–Crippen LogP) is 29.3. The monoisotopic (exact) mass is 1550 g/mol. The fourth-order valence-corrected chi connectivity index (χ4v) is 21.5. The number of aromatic nitrogens is 2. The van der Waals surface area contributed by atoms with Gasteiger partial charge in [-0.2, -0.15) is 0 Å². The van der Waals surface area contributed by atoms with Crippen LogP contribution < -0.4 is 26.2 Å². The Morgan fingerprint density at radius 1 is 0.277 bits per heavy atom. The molecule has 0 unspecified atom stereocenters. The number of hydrogen-bond donors (Lipinski definition) is 0. The van der Waals surface area contributed by atoms with E-state index in [4.69, 9.17) is 0 Å². The van der Waals surface area contributed by atoms with E-state index in [1.54, 1.807) is 0 Å². The molecular formula is C113H93BN4S. The lowest BCUT2D eigenvalue weighted by atomic mass is 9.33. The number of hydrogen-bond acceptors (Lipinski definition) is 3. The van der Waals surface area contributed by atoms with Gasteiger partial charge in [-0.05, 0) is 177 Å². The minimum Gasteiger partial charge on any atom is -0.310 e. The van der Waals surface area contributed by atoms with Crippen molar-refractivity contribution < 1.29 is 0 Å². The highest BCUT2D eigenvalue weighted by atomic mass is 32.1. The molecule has 0 atom stereocenters. The topological polar surface area (TPSA) is 16.3 Å². The van der Waals surface area contributed by atoms with E-state index in [0.29, 0.717) is 0 Å². The molecule has 19 aromatic rings. The SMILES string of the molecule is CC(C)(C)c1ccc2c(c1)-c1cc(C(C)(C)C)ccc1C2c1ccc2c(c1)N(c1c(-c3ccccc3)cccc1-c1ccccc1)c1cc(-n3c4ccccc4c4ccccc43)cc3c1B2c1c(cc(-n2c4ccc(C(C)(C)C)cc4c4cc(C(C)(C)C)ccc42)c2c1sc1ccccc12)N3c1c(-c2ccccc2)cccc1-c1ccccc1. The van der Waals surface area contributed by atoms with Crippen molar-refractivity contribution in [2.24, 2.45) is 0 Å². The van der Waals surface area contributed by atoms with Gasteiger partial charge in [0.2, 0.25) is 0 Å². The second-order valence-electron chi connectivity index (χ2n) is 37.5. The molecule has 0 fully saturated rings. The van der Waals surface area contributed by atoms with Gasteiger partial charge in [0, 0.05) is 92.6 Å². The standard InChI is InChI=1S/C113H93BN4S/c1-110(2,3)74-52-56-85-88(62-74)89-63-75(111(4,5)6)53-57-86(89)103(85)73-51-58-92-97(61-73)117(107-79(69-33-17-13-18-34-69)44-31-45-80(107)70-35-19-14-20-36-70)99-66-78(115-93-48-28-25-41-83(93)84-42-26-29-49-94(84)115)67-100-105(99)114(92)106-101(118(100)108-81(71-37-21-15-22-38-71)46-32-47-82(108)72-39-23-16-24-40-72)68-98(104-87-43-27-30-50-102(87)119-109(104)106)116-95-59-54-76(112(7,8)9)64-90(95)91-65-77(113(10,11)12)55-60-96(91)116/h13-68,103H,1-12H3. The summed E-state index contributed by atoms with van der Waals surface area (Å²) < 4.78 is 7.76. The minimum atomic E-state index is -0.342. The molecule has 1 aliphatic carbocycles. The van der Waals surface area contributed by atoms with Crippen LogP contribution in [0.2, 0.25) is 0 Å². The highest BCUT2D eigenvalue weighted by molar-refractivity contribution is 7.28.